The largest absolute Gasteiger partial charge is 0.469 e. The van der Waals surface area contributed by atoms with Crippen LogP contribution in [0.15, 0.2) is 39.4 Å². The van der Waals surface area contributed by atoms with Crippen molar-refractivity contribution >= 4 is 35.0 Å². The maximum absolute atomic E-state index is 11.9. The summed E-state index contributed by atoms with van der Waals surface area (Å²) >= 11 is 2.74. The Hall–Kier alpha value is -2.59. The number of hydrogen-bond donors (Lipinski definition) is 2. The van der Waals surface area contributed by atoms with E-state index in [1.807, 2.05) is 37.6 Å². The van der Waals surface area contributed by atoms with Crippen molar-refractivity contribution < 1.29 is 14.0 Å². The van der Waals surface area contributed by atoms with E-state index in [4.69, 9.17) is 4.42 Å². The molecule has 3 aromatic rings. The van der Waals surface area contributed by atoms with Gasteiger partial charge in [0.05, 0.1) is 24.1 Å². The van der Waals surface area contributed by atoms with Crippen molar-refractivity contribution in [2.45, 2.75) is 18.6 Å². The van der Waals surface area contributed by atoms with E-state index < -0.39 is 11.9 Å². The van der Waals surface area contributed by atoms with E-state index >= 15 is 0 Å². The Balaban J connectivity index is 1.49. The summed E-state index contributed by atoms with van der Waals surface area (Å²) in [7, 11) is 1.82. The van der Waals surface area contributed by atoms with Crippen LogP contribution in [-0.4, -0.2) is 32.5 Å². The second kappa shape index (κ2) is 8.19. The van der Waals surface area contributed by atoms with Crippen molar-refractivity contribution in [1.82, 2.24) is 25.4 Å². The zero-order valence-electron chi connectivity index (χ0n) is 14.2. The Morgan fingerprint density at radius 3 is 2.88 bits per heavy atom. The van der Waals surface area contributed by atoms with Crippen LogP contribution in [-0.2, 0) is 18.4 Å². The Labute approximate surface area is 158 Å². The normalized spacial score (nSPS) is 10.7. The Morgan fingerprint density at radius 1 is 1.35 bits per heavy atom. The molecule has 0 aliphatic carbocycles. The monoisotopic (exact) mass is 391 g/mol. The molecule has 0 radical (unpaired) electrons. The summed E-state index contributed by atoms with van der Waals surface area (Å²) in [5, 5.41) is 15.7. The fourth-order valence-electron chi connectivity index (χ4n) is 2.21. The lowest BCUT2D eigenvalue weighted by Gasteiger charge is -2.06. The first kappa shape index (κ1) is 18.2. The van der Waals surface area contributed by atoms with Gasteiger partial charge in [0.15, 0.2) is 11.0 Å². The van der Waals surface area contributed by atoms with Crippen LogP contribution in [0.25, 0.3) is 11.4 Å². The molecule has 136 valence electrons. The van der Waals surface area contributed by atoms with Gasteiger partial charge in [0.1, 0.15) is 5.76 Å². The number of urea groups is 1. The van der Waals surface area contributed by atoms with Crippen molar-refractivity contribution in [3.8, 4) is 11.4 Å². The van der Waals surface area contributed by atoms with Gasteiger partial charge in [0, 0.05) is 11.9 Å². The van der Waals surface area contributed by atoms with Crippen molar-refractivity contribution in [3.05, 3.63) is 40.5 Å². The lowest BCUT2D eigenvalue weighted by Crippen LogP contribution is -2.39. The third kappa shape index (κ3) is 4.33. The van der Waals surface area contributed by atoms with Gasteiger partial charge in [-0.1, -0.05) is 17.8 Å². The number of carbonyl (C=O) groups excluding carboxylic acids is 2. The molecule has 0 fully saturated rings. The molecule has 2 N–H and O–H groups in total. The number of nitrogens with zero attached hydrogens (tertiary/aromatic N) is 3. The summed E-state index contributed by atoms with van der Waals surface area (Å²) < 4.78 is 7.06. The van der Waals surface area contributed by atoms with E-state index in [1.54, 1.807) is 10.8 Å². The second-order valence-corrected chi connectivity index (χ2v) is 7.33. The maximum atomic E-state index is 11.9. The summed E-state index contributed by atoms with van der Waals surface area (Å²) in [4.78, 5) is 24.7. The van der Waals surface area contributed by atoms with Gasteiger partial charge < -0.3 is 14.3 Å². The van der Waals surface area contributed by atoms with Gasteiger partial charge in [-0.25, -0.2) is 4.79 Å². The maximum Gasteiger partial charge on any atom is 0.321 e. The number of aromatic nitrogens is 3. The van der Waals surface area contributed by atoms with Crippen molar-refractivity contribution in [2.75, 3.05) is 5.75 Å². The highest BCUT2D eigenvalue weighted by atomic mass is 32.2. The Kier molecular flexibility index (Phi) is 5.74. The number of thiophene rings is 1. The molecule has 0 bridgehead atoms. The van der Waals surface area contributed by atoms with Gasteiger partial charge in [0.25, 0.3) is 0 Å². The SMILES string of the molecule is Cc1occc1-c1nnc(SCC(=O)NC(=O)NCc2cccs2)n1C. The standard InChI is InChI=1S/C16H17N5O3S2/c1-10-12(5-6-24-10)14-19-20-16(21(14)2)26-9-13(22)18-15(23)17-8-11-4-3-7-25-11/h3-7H,8-9H2,1-2H3,(H2,17,18,22,23). The summed E-state index contributed by atoms with van der Waals surface area (Å²) in [5.41, 5.74) is 0.851. The van der Waals surface area contributed by atoms with Gasteiger partial charge in [0.2, 0.25) is 5.91 Å². The molecule has 0 aliphatic heterocycles. The number of rotatable bonds is 6. The van der Waals surface area contributed by atoms with E-state index in [-0.39, 0.29) is 5.75 Å². The summed E-state index contributed by atoms with van der Waals surface area (Å²) in [6, 6.07) is 5.12. The molecule has 8 nitrogen and oxygen atoms in total. The van der Waals surface area contributed by atoms with E-state index in [0.29, 0.717) is 17.5 Å². The quantitative estimate of drug-likeness (QED) is 0.626. The highest BCUT2D eigenvalue weighted by Gasteiger charge is 2.16. The minimum atomic E-state index is -0.517. The average molecular weight is 391 g/mol. The first-order chi connectivity index (χ1) is 12.5. The number of thioether (sulfide) groups is 1. The topological polar surface area (TPSA) is 102 Å². The van der Waals surface area contributed by atoms with Crippen LogP contribution in [0.3, 0.4) is 0 Å². The molecular weight excluding hydrogens is 374 g/mol. The zero-order valence-corrected chi connectivity index (χ0v) is 15.8. The summed E-state index contributed by atoms with van der Waals surface area (Å²) in [5.74, 6) is 1.07. The predicted octanol–water partition coefficient (Wildman–Crippen LogP) is 2.56. The number of hydrogen-bond acceptors (Lipinski definition) is 7. The molecule has 3 aromatic heterocycles. The molecule has 0 saturated heterocycles. The molecule has 3 heterocycles. The van der Waals surface area contributed by atoms with Gasteiger partial charge in [-0.15, -0.1) is 21.5 Å². The summed E-state index contributed by atoms with van der Waals surface area (Å²) in [6.45, 7) is 2.24. The van der Waals surface area contributed by atoms with Crippen LogP contribution in [0.4, 0.5) is 4.79 Å². The average Bonchev–Trinajstić information content (AvgIpc) is 3.33. The molecule has 10 heteroatoms. The van der Waals surface area contributed by atoms with Gasteiger partial charge in [-0.05, 0) is 24.4 Å². The van der Waals surface area contributed by atoms with Crippen LogP contribution in [0.5, 0.6) is 0 Å². The fraction of sp³-hybridized carbons (Fsp3) is 0.250. The van der Waals surface area contributed by atoms with Crippen LogP contribution < -0.4 is 10.6 Å². The third-order valence-electron chi connectivity index (χ3n) is 3.52. The molecule has 0 aliphatic rings. The molecule has 0 spiro atoms. The van der Waals surface area contributed by atoms with Crippen molar-refractivity contribution in [3.63, 3.8) is 0 Å². The van der Waals surface area contributed by atoms with E-state index in [0.717, 1.165) is 16.2 Å². The summed E-state index contributed by atoms with van der Waals surface area (Å²) in [6.07, 6.45) is 1.59. The second-order valence-electron chi connectivity index (χ2n) is 5.35. The van der Waals surface area contributed by atoms with E-state index in [1.165, 1.54) is 23.1 Å². The Bertz CT molecular complexity index is 901. The highest BCUT2D eigenvalue weighted by Crippen LogP contribution is 2.25. The zero-order chi connectivity index (χ0) is 18.5. The smallest absolute Gasteiger partial charge is 0.321 e. The van der Waals surface area contributed by atoms with Crippen LogP contribution in [0.2, 0.25) is 0 Å². The fourth-order valence-corrected chi connectivity index (χ4v) is 3.57. The molecule has 0 saturated carbocycles. The van der Waals surface area contributed by atoms with E-state index in [9.17, 15) is 9.59 Å². The highest BCUT2D eigenvalue weighted by molar-refractivity contribution is 7.99. The molecular formula is C16H17N5O3S2. The number of imide groups is 1. The van der Waals surface area contributed by atoms with Crippen LogP contribution >= 0.6 is 23.1 Å². The first-order valence-corrected chi connectivity index (χ1v) is 9.58. The first-order valence-electron chi connectivity index (χ1n) is 7.71. The van der Waals surface area contributed by atoms with Gasteiger partial charge in [-0.2, -0.15) is 0 Å². The van der Waals surface area contributed by atoms with Crippen LogP contribution in [0, 0.1) is 6.92 Å². The number of nitrogens with one attached hydrogen (secondary N) is 2. The minimum absolute atomic E-state index is 0.0583. The van der Waals surface area contributed by atoms with Crippen LogP contribution in [0.1, 0.15) is 10.6 Å². The molecule has 3 rings (SSSR count). The van der Waals surface area contributed by atoms with Gasteiger partial charge in [-0.3, -0.25) is 10.1 Å². The Morgan fingerprint density at radius 2 is 2.19 bits per heavy atom. The molecule has 3 amide bonds. The number of furan rings is 1. The predicted molar refractivity (Wildman–Crippen MR) is 98.9 cm³/mol. The lowest BCUT2D eigenvalue weighted by molar-refractivity contribution is -0.117. The lowest BCUT2D eigenvalue weighted by atomic mass is 10.2. The number of carbonyl (C=O) groups is 2. The van der Waals surface area contributed by atoms with Gasteiger partial charge >= 0.3 is 6.03 Å². The van der Waals surface area contributed by atoms with E-state index in [2.05, 4.69) is 20.8 Å². The molecule has 0 aromatic carbocycles. The molecule has 26 heavy (non-hydrogen) atoms. The molecule has 0 unspecified atom stereocenters. The van der Waals surface area contributed by atoms with Crippen molar-refractivity contribution in [2.24, 2.45) is 7.05 Å². The number of amides is 3. The minimum Gasteiger partial charge on any atom is -0.469 e. The molecule has 0 atom stereocenters. The van der Waals surface area contributed by atoms with Crippen molar-refractivity contribution in [1.29, 1.82) is 0 Å². The third-order valence-corrected chi connectivity index (χ3v) is 5.42. The number of aryl methyl sites for hydroxylation is 1.